The number of carboxylic acid groups (broad SMARTS) is 1. The monoisotopic (exact) mass is 258 g/mol. The third-order valence-corrected chi connectivity index (χ3v) is 2.72. The summed E-state index contributed by atoms with van der Waals surface area (Å²) in [6.45, 7) is 2.15. The van der Waals surface area contributed by atoms with Crippen molar-refractivity contribution in [1.29, 1.82) is 0 Å². The summed E-state index contributed by atoms with van der Waals surface area (Å²) in [5.74, 6) is -0.435. The van der Waals surface area contributed by atoms with E-state index in [1.807, 2.05) is 31.2 Å². The Hall–Kier alpha value is -2.49. The lowest BCUT2D eigenvalue weighted by molar-refractivity contribution is 0.0696. The standard InChI is InChI=1S/C15H14O4/c1-10-3-2-4-13(7-10)19-9-12-6-5-11(15(17)18)8-14(12)16/h2-8,16H,9H2,1H3,(H,17,18). The molecule has 0 saturated carbocycles. The van der Waals surface area contributed by atoms with E-state index >= 15 is 0 Å². The Morgan fingerprint density at radius 1 is 1.21 bits per heavy atom. The normalized spacial score (nSPS) is 10.2. The van der Waals surface area contributed by atoms with Crippen LogP contribution >= 0.6 is 0 Å². The fraction of sp³-hybridized carbons (Fsp3) is 0.133. The van der Waals surface area contributed by atoms with E-state index in [-0.39, 0.29) is 17.9 Å². The Morgan fingerprint density at radius 2 is 2.00 bits per heavy atom. The van der Waals surface area contributed by atoms with Crippen LogP contribution in [0.15, 0.2) is 42.5 Å². The molecule has 0 spiro atoms. The Morgan fingerprint density at radius 3 is 2.63 bits per heavy atom. The zero-order valence-corrected chi connectivity index (χ0v) is 10.5. The van der Waals surface area contributed by atoms with E-state index in [0.717, 1.165) is 5.56 Å². The molecule has 4 nitrogen and oxygen atoms in total. The van der Waals surface area contributed by atoms with Gasteiger partial charge in [-0.15, -0.1) is 0 Å². The number of aromatic carboxylic acids is 1. The van der Waals surface area contributed by atoms with Gasteiger partial charge in [-0.3, -0.25) is 0 Å². The molecule has 0 aliphatic rings. The number of aryl methyl sites for hydroxylation is 1. The molecule has 2 aromatic rings. The van der Waals surface area contributed by atoms with Crippen molar-refractivity contribution in [2.45, 2.75) is 13.5 Å². The van der Waals surface area contributed by atoms with Crippen molar-refractivity contribution in [2.24, 2.45) is 0 Å². The van der Waals surface area contributed by atoms with Crippen molar-refractivity contribution < 1.29 is 19.7 Å². The number of carboxylic acids is 1. The topological polar surface area (TPSA) is 66.8 Å². The number of aromatic hydroxyl groups is 1. The average molecular weight is 258 g/mol. The van der Waals surface area contributed by atoms with Gasteiger partial charge < -0.3 is 14.9 Å². The highest BCUT2D eigenvalue weighted by Crippen LogP contribution is 2.21. The molecule has 2 rings (SSSR count). The van der Waals surface area contributed by atoms with Gasteiger partial charge in [0.25, 0.3) is 0 Å². The van der Waals surface area contributed by atoms with E-state index in [1.54, 1.807) is 6.07 Å². The maximum atomic E-state index is 10.7. The molecule has 0 atom stereocenters. The second-order valence-corrected chi connectivity index (χ2v) is 4.25. The molecule has 0 saturated heterocycles. The summed E-state index contributed by atoms with van der Waals surface area (Å²) >= 11 is 0. The molecule has 0 radical (unpaired) electrons. The number of ether oxygens (including phenoxy) is 1. The molecule has 0 aliphatic carbocycles. The van der Waals surface area contributed by atoms with E-state index in [2.05, 4.69) is 0 Å². The van der Waals surface area contributed by atoms with Crippen LogP contribution in [0.3, 0.4) is 0 Å². The van der Waals surface area contributed by atoms with Crippen molar-refractivity contribution in [1.82, 2.24) is 0 Å². The third kappa shape index (κ3) is 3.25. The number of benzene rings is 2. The molecule has 19 heavy (non-hydrogen) atoms. The highest BCUT2D eigenvalue weighted by atomic mass is 16.5. The molecular weight excluding hydrogens is 244 g/mol. The minimum absolute atomic E-state index is 0.0526. The quantitative estimate of drug-likeness (QED) is 0.884. The van der Waals surface area contributed by atoms with Gasteiger partial charge >= 0.3 is 5.97 Å². The molecule has 2 N–H and O–H groups in total. The second kappa shape index (κ2) is 5.44. The zero-order chi connectivity index (χ0) is 13.8. The molecule has 0 amide bonds. The fourth-order valence-corrected chi connectivity index (χ4v) is 1.69. The molecule has 0 heterocycles. The minimum Gasteiger partial charge on any atom is -0.508 e. The summed E-state index contributed by atoms with van der Waals surface area (Å²) in [7, 11) is 0. The van der Waals surface area contributed by atoms with E-state index in [4.69, 9.17) is 9.84 Å². The van der Waals surface area contributed by atoms with Gasteiger partial charge in [-0.2, -0.15) is 0 Å². The molecule has 4 heteroatoms. The number of carbonyl (C=O) groups is 1. The predicted octanol–water partition coefficient (Wildman–Crippen LogP) is 2.98. The van der Waals surface area contributed by atoms with Crippen LogP contribution < -0.4 is 4.74 Å². The van der Waals surface area contributed by atoms with Crippen LogP contribution in [0.25, 0.3) is 0 Å². The van der Waals surface area contributed by atoms with Crippen LogP contribution in [0.2, 0.25) is 0 Å². The molecule has 0 bridgehead atoms. The average Bonchev–Trinajstić information content (AvgIpc) is 2.37. The molecule has 98 valence electrons. The lowest BCUT2D eigenvalue weighted by Crippen LogP contribution is -1.99. The van der Waals surface area contributed by atoms with Crippen molar-refractivity contribution in [3.8, 4) is 11.5 Å². The van der Waals surface area contributed by atoms with Gasteiger partial charge in [0.15, 0.2) is 0 Å². The van der Waals surface area contributed by atoms with E-state index in [9.17, 15) is 9.90 Å². The summed E-state index contributed by atoms with van der Waals surface area (Å²) in [6, 6.07) is 11.8. The maximum absolute atomic E-state index is 10.7. The minimum atomic E-state index is -1.07. The van der Waals surface area contributed by atoms with Gasteiger partial charge in [-0.1, -0.05) is 18.2 Å². The predicted molar refractivity (Wildman–Crippen MR) is 70.6 cm³/mol. The SMILES string of the molecule is Cc1cccc(OCc2ccc(C(=O)O)cc2O)c1. The van der Waals surface area contributed by atoms with Crippen LogP contribution in [-0.4, -0.2) is 16.2 Å². The second-order valence-electron chi connectivity index (χ2n) is 4.25. The van der Waals surface area contributed by atoms with Crippen molar-refractivity contribution in [3.63, 3.8) is 0 Å². The molecule has 0 aromatic heterocycles. The van der Waals surface area contributed by atoms with Crippen LogP contribution in [-0.2, 0) is 6.61 Å². The first kappa shape index (κ1) is 13.0. The van der Waals surface area contributed by atoms with Crippen molar-refractivity contribution in [3.05, 3.63) is 59.2 Å². The first-order valence-corrected chi connectivity index (χ1v) is 5.81. The number of rotatable bonds is 4. The Kier molecular flexibility index (Phi) is 3.71. The van der Waals surface area contributed by atoms with Gasteiger partial charge in [0.05, 0.1) is 5.56 Å². The smallest absolute Gasteiger partial charge is 0.335 e. The van der Waals surface area contributed by atoms with Gasteiger partial charge in [0, 0.05) is 5.56 Å². The van der Waals surface area contributed by atoms with E-state index < -0.39 is 5.97 Å². The first-order chi connectivity index (χ1) is 9.06. The Bertz CT molecular complexity index is 605. The molecule has 2 aromatic carbocycles. The molecule has 0 aliphatic heterocycles. The summed E-state index contributed by atoms with van der Waals surface area (Å²) in [4.78, 5) is 10.7. The highest BCUT2D eigenvalue weighted by Gasteiger charge is 2.08. The maximum Gasteiger partial charge on any atom is 0.335 e. The molecule has 0 unspecified atom stereocenters. The fourth-order valence-electron chi connectivity index (χ4n) is 1.69. The summed E-state index contributed by atoms with van der Waals surface area (Å²) in [5, 5.41) is 18.5. The van der Waals surface area contributed by atoms with Gasteiger partial charge in [0.1, 0.15) is 18.1 Å². The van der Waals surface area contributed by atoms with Crippen molar-refractivity contribution in [2.75, 3.05) is 0 Å². The van der Waals surface area contributed by atoms with Crippen molar-refractivity contribution >= 4 is 5.97 Å². The number of phenolic OH excluding ortho intramolecular Hbond substituents is 1. The lowest BCUT2D eigenvalue weighted by Gasteiger charge is -2.09. The number of hydrogen-bond donors (Lipinski definition) is 2. The van der Waals surface area contributed by atoms with E-state index in [0.29, 0.717) is 11.3 Å². The van der Waals surface area contributed by atoms with Crippen LogP contribution in [0.4, 0.5) is 0 Å². The van der Waals surface area contributed by atoms with Crippen LogP contribution in [0.5, 0.6) is 11.5 Å². The largest absolute Gasteiger partial charge is 0.508 e. The molecular formula is C15H14O4. The third-order valence-electron chi connectivity index (χ3n) is 2.72. The van der Waals surface area contributed by atoms with Gasteiger partial charge in [0.2, 0.25) is 0 Å². The van der Waals surface area contributed by atoms with Gasteiger partial charge in [-0.25, -0.2) is 4.79 Å². The lowest BCUT2D eigenvalue weighted by atomic mass is 10.1. The highest BCUT2D eigenvalue weighted by molar-refractivity contribution is 5.88. The Labute approximate surface area is 110 Å². The van der Waals surface area contributed by atoms with E-state index in [1.165, 1.54) is 12.1 Å². The molecule has 0 fully saturated rings. The Balaban J connectivity index is 2.10. The number of hydrogen-bond acceptors (Lipinski definition) is 3. The van der Waals surface area contributed by atoms with Crippen LogP contribution in [0, 0.1) is 6.92 Å². The number of phenols is 1. The summed E-state index contributed by atoms with van der Waals surface area (Å²) < 4.78 is 5.55. The summed E-state index contributed by atoms with van der Waals surface area (Å²) in [6.07, 6.45) is 0. The van der Waals surface area contributed by atoms with Crippen LogP contribution in [0.1, 0.15) is 21.5 Å². The zero-order valence-electron chi connectivity index (χ0n) is 10.5. The first-order valence-electron chi connectivity index (χ1n) is 5.81. The summed E-state index contributed by atoms with van der Waals surface area (Å²) in [5.41, 5.74) is 1.69. The van der Waals surface area contributed by atoms with Gasteiger partial charge in [-0.05, 0) is 36.8 Å².